The van der Waals surface area contributed by atoms with E-state index in [-0.39, 0.29) is 11.7 Å². The third-order valence-corrected chi connectivity index (χ3v) is 5.15. The summed E-state index contributed by atoms with van der Waals surface area (Å²) in [6.45, 7) is 3.66. The van der Waals surface area contributed by atoms with Crippen LogP contribution < -0.4 is 10.2 Å². The minimum atomic E-state index is -0.403. The molecule has 0 saturated heterocycles. The highest BCUT2D eigenvalue weighted by Gasteiger charge is 2.39. The maximum absolute atomic E-state index is 13.1. The summed E-state index contributed by atoms with van der Waals surface area (Å²) < 4.78 is 0. The van der Waals surface area contributed by atoms with Crippen molar-refractivity contribution in [3.05, 3.63) is 71.4 Å². The number of rotatable bonds is 1. The Morgan fingerprint density at radius 2 is 1.73 bits per heavy atom. The Kier molecular flexibility index (Phi) is 4.11. The Hall–Kier alpha value is -2.88. The number of fused-ring (bicyclic) bond motifs is 1. The van der Waals surface area contributed by atoms with Gasteiger partial charge in [-0.2, -0.15) is 0 Å². The molecule has 4 nitrogen and oxygen atoms in total. The number of anilines is 2. The highest BCUT2D eigenvalue weighted by molar-refractivity contribution is 6.05. The molecule has 4 heteroatoms. The zero-order chi connectivity index (χ0) is 18.3. The van der Waals surface area contributed by atoms with Crippen molar-refractivity contribution in [3.63, 3.8) is 0 Å². The quantitative estimate of drug-likeness (QED) is 0.829. The van der Waals surface area contributed by atoms with Gasteiger partial charge in [0, 0.05) is 24.6 Å². The average molecular weight is 346 g/mol. The van der Waals surface area contributed by atoms with Gasteiger partial charge in [-0.3, -0.25) is 14.5 Å². The summed E-state index contributed by atoms with van der Waals surface area (Å²) >= 11 is 0. The van der Waals surface area contributed by atoms with E-state index in [9.17, 15) is 9.59 Å². The van der Waals surface area contributed by atoms with Crippen LogP contribution in [0.3, 0.4) is 0 Å². The number of Topliss-reactive ketones (excluding diaryl/α,β-unsaturated/α-hetero) is 1. The summed E-state index contributed by atoms with van der Waals surface area (Å²) in [4.78, 5) is 27.5. The number of hydrogen-bond donors (Lipinski definition) is 1. The normalized spacial score (nSPS) is 22.2. The van der Waals surface area contributed by atoms with Crippen LogP contribution in [0.2, 0.25) is 0 Å². The van der Waals surface area contributed by atoms with Crippen LogP contribution in [0.25, 0.3) is 0 Å². The molecular weight excluding hydrogens is 324 g/mol. The number of nitrogens with one attached hydrogen (secondary N) is 1. The first-order valence-electron chi connectivity index (χ1n) is 9.03. The van der Waals surface area contributed by atoms with E-state index in [1.807, 2.05) is 54.6 Å². The molecule has 2 aromatic rings. The van der Waals surface area contributed by atoms with Crippen LogP contribution in [-0.2, 0) is 9.59 Å². The molecule has 2 aliphatic rings. The molecule has 1 heterocycles. The second-order valence-corrected chi connectivity index (χ2v) is 7.17. The first-order chi connectivity index (χ1) is 12.6. The SMILES string of the molecule is CC(=O)N1c2ccccc2NC2=C(C(=O)C[C@H](C)C2)[C@H]1c1ccccc1. The number of carbonyl (C=O) groups excluding carboxylic acids is 2. The lowest BCUT2D eigenvalue weighted by Crippen LogP contribution is -2.37. The molecule has 1 aliphatic heterocycles. The summed E-state index contributed by atoms with van der Waals surface area (Å²) in [5.74, 6) is 0.341. The molecule has 2 atom stereocenters. The Morgan fingerprint density at radius 1 is 1.04 bits per heavy atom. The Bertz CT molecular complexity index is 901. The van der Waals surface area contributed by atoms with Gasteiger partial charge in [0.25, 0.3) is 0 Å². The molecule has 0 radical (unpaired) electrons. The van der Waals surface area contributed by atoms with Crippen molar-refractivity contribution in [3.8, 4) is 0 Å². The maximum atomic E-state index is 13.1. The first kappa shape index (κ1) is 16.6. The minimum Gasteiger partial charge on any atom is -0.357 e. The van der Waals surface area contributed by atoms with Crippen molar-refractivity contribution in [2.75, 3.05) is 10.2 Å². The van der Waals surface area contributed by atoms with Crippen LogP contribution in [0.15, 0.2) is 65.9 Å². The summed E-state index contributed by atoms with van der Waals surface area (Å²) in [5, 5.41) is 3.47. The molecule has 1 amide bonds. The number of para-hydroxylation sites is 2. The van der Waals surface area contributed by atoms with Crippen molar-refractivity contribution < 1.29 is 9.59 Å². The predicted molar refractivity (Wildman–Crippen MR) is 103 cm³/mol. The predicted octanol–water partition coefficient (Wildman–Crippen LogP) is 4.46. The van der Waals surface area contributed by atoms with E-state index in [1.165, 1.54) is 0 Å². The molecule has 0 aromatic heterocycles. The lowest BCUT2D eigenvalue weighted by molar-refractivity contribution is -0.117. The van der Waals surface area contributed by atoms with Gasteiger partial charge in [-0.05, 0) is 30.0 Å². The molecule has 26 heavy (non-hydrogen) atoms. The first-order valence-corrected chi connectivity index (χ1v) is 9.03. The number of carbonyl (C=O) groups is 2. The van der Waals surface area contributed by atoms with Gasteiger partial charge in [-0.1, -0.05) is 49.4 Å². The lowest BCUT2D eigenvalue weighted by Gasteiger charge is -2.34. The van der Waals surface area contributed by atoms with Gasteiger partial charge in [0.2, 0.25) is 5.91 Å². The van der Waals surface area contributed by atoms with Gasteiger partial charge >= 0.3 is 0 Å². The van der Waals surface area contributed by atoms with Crippen LogP contribution >= 0.6 is 0 Å². The fourth-order valence-corrected chi connectivity index (χ4v) is 4.08. The lowest BCUT2D eigenvalue weighted by atomic mass is 9.81. The number of amides is 1. The van der Waals surface area contributed by atoms with Crippen molar-refractivity contribution in [1.29, 1.82) is 0 Å². The minimum absolute atomic E-state index is 0.0757. The van der Waals surface area contributed by atoms with Crippen LogP contribution in [0, 0.1) is 5.92 Å². The van der Waals surface area contributed by atoms with E-state index in [0.717, 1.165) is 34.6 Å². The van der Waals surface area contributed by atoms with Crippen LogP contribution in [0.4, 0.5) is 11.4 Å². The second-order valence-electron chi connectivity index (χ2n) is 7.17. The van der Waals surface area contributed by atoms with Gasteiger partial charge in [-0.25, -0.2) is 0 Å². The van der Waals surface area contributed by atoms with Crippen molar-refractivity contribution in [1.82, 2.24) is 0 Å². The molecule has 4 rings (SSSR count). The van der Waals surface area contributed by atoms with E-state index < -0.39 is 6.04 Å². The van der Waals surface area contributed by atoms with Gasteiger partial charge < -0.3 is 5.32 Å². The number of ketones is 1. The highest BCUT2D eigenvalue weighted by atomic mass is 16.2. The second kappa shape index (κ2) is 6.45. The smallest absolute Gasteiger partial charge is 0.224 e. The van der Waals surface area contributed by atoms with Crippen molar-refractivity contribution >= 4 is 23.1 Å². The number of benzene rings is 2. The average Bonchev–Trinajstić information content (AvgIpc) is 2.76. The standard InChI is InChI=1S/C22H22N2O2/c1-14-12-18-21(20(26)13-14)22(16-8-4-3-5-9-16)24(15(2)25)19-11-7-6-10-17(19)23-18/h3-11,14,22-23H,12-13H2,1-2H3/t14-,22-/m1/s1. The van der Waals surface area contributed by atoms with Crippen molar-refractivity contribution in [2.45, 2.75) is 32.7 Å². The van der Waals surface area contributed by atoms with Crippen LogP contribution in [-0.4, -0.2) is 11.7 Å². The molecule has 1 aliphatic carbocycles. The van der Waals surface area contributed by atoms with Gasteiger partial charge in [0.1, 0.15) is 0 Å². The Balaban J connectivity index is 2.00. The topological polar surface area (TPSA) is 49.4 Å². The monoisotopic (exact) mass is 346 g/mol. The Labute approximate surface area is 153 Å². The van der Waals surface area contributed by atoms with E-state index in [1.54, 1.807) is 11.8 Å². The molecule has 132 valence electrons. The van der Waals surface area contributed by atoms with E-state index >= 15 is 0 Å². The Morgan fingerprint density at radius 3 is 2.46 bits per heavy atom. The fraction of sp³-hybridized carbons (Fsp3) is 0.273. The zero-order valence-corrected chi connectivity index (χ0v) is 15.0. The number of allylic oxidation sites excluding steroid dienone is 1. The number of nitrogens with zero attached hydrogens (tertiary/aromatic N) is 1. The maximum Gasteiger partial charge on any atom is 0.224 e. The highest BCUT2D eigenvalue weighted by Crippen LogP contribution is 2.45. The van der Waals surface area contributed by atoms with Gasteiger partial charge in [-0.15, -0.1) is 0 Å². The summed E-state index contributed by atoms with van der Waals surface area (Å²) in [6, 6.07) is 17.2. The third-order valence-electron chi connectivity index (χ3n) is 5.15. The van der Waals surface area contributed by atoms with E-state index in [2.05, 4.69) is 12.2 Å². The molecule has 0 unspecified atom stereocenters. The summed E-state index contributed by atoms with van der Waals surface area (Å²) in [5.41, 5.74) is 4.30. The van der Waals surface area contributed by atoms with Crippen LogP contribution in [0.5, 0.6) is 0 Å². The van der Waals surface area contributed by atoms with Crippen molar-refractivity contribution in [2.24, 2.45) is 5.92 Å². The van der Waals surface area contributed by atoms with E-state index in [0.29, 0.717) is 12.3 Å². The third kappa shape index (κ3) is 2.71. The molecule has 0 spiro atoms. The molecule has 0 saturated carbocycles. The summed E-state index contributed by atoms with van der Waals surface area (Å²) in [6.07, 6.45) is 1.33. The number of hydrogen-bond acceptors (Lipinski definition) is 3. The fourth-order valence-electron chi connectivity index (χ4n) is 4.08. The van der Waals surface area contributed by atoms with Gasteiger partial charge in [0.15, 0.2) is 5.78 Å². The molecule has 1 N–H and O–H groups in total. The molecule has 2 aromatic carbocycles. The van der Waals surface area contributed by atoms with Crippen LogP contribution in [0.1, 0.15) is 38.3 Å². The molecule has 0 bridgehead atoms. The van der Waals surface area contributed by atoms with E-state index in [4.69, 9.17) is 0 Å². The zero-order valence-electron chi connectivity index (χ0n) is 15.0. The summed E-state index contributed by atoms with van der Waals surface area (Å²) in [7, 11) is 0. The molecular formula is C22H22N2O2. The van der Waals surface area contributed by atoms with Gasteiger partial charge in [0.05, 0.1) is 17.4 Å². The molecule has 0 fully saturated rings. The largest absolute Gasteiger partial charge is 0.357 e.